The van der Waals surface area contributed by atoms with Crippen molar-refractivity contribution in [1.82, 2.24) is 10.6 Å². The molecule has 0 aliphatic rings. The van der Waals surface area contributed by atoms with Crippen LogP contribution in [0.15, 0.2) is 27.7 Å². The third-order valence-corrected chi connectivity index (χ3v) is 4.29. The van der Waals surface area contributed by atoms with E-state index in [0.29, 0.717) is 4.47 Å². The molecule has 7 heteroatoms. The first-order valence-electron chi connectivity index (χ1n) is 7.04. The molecular formula is C15H24BrFIN3S. The fraction of sp³-hybridized carbons (Fsp3) is 0.533. The first-order chi connectivity index (χ1) is 10.2. The number of thioether (sulfide) groups is 1. The maximum Gasteiger partial charge on any atom is 0.190 e. The number of hydrogen-bond acceptors (Lipinski definition) is 2. The fourth-order valence-corrected chi connectivity index (χ4v) is 2.74. The largest absolute Gasteiger partial charge is 0.356 e. The molecule has 0 heterocycles. The van der Waals surface area contributed by atoms with Gasteiger partial charge in [-0.2, -0.15) is 11.8 Å². The maximum atomic E-state index is 13.1. The van der Waals surface area contributed by atoms with Crippen molar-refractivity contribution >= 4 is 57.6 Å². The average Bonchev–Trinajstić information content (AvgIpc) is 2.48. The average molecular weight is 504 g/mol. The Kier molecular flexibility index (Phi) is 13.4. The molecule has 1 aromatic rings. The topological polar surface area (TPSA) is 36.4 Å². The summed E-state index contributed by atoms with van der Waals surface area (Å²) < 4.78 is 13.6. The monoisotopic (exact) mass is 503 g/mol. The number of aliphatic imine (C=N–C) groups is 1. The van der Waals surface area contributed by atoms with Crippen LogP contribution in [0.4, 0.5) is 4.39 Å². The van der Waals surface area contributed by atoms with Crippen molar-refractivity contribution < 1.29 is 4.39 Å². The van der Waals surface area contributed by atoms with Crippen LogP contribution in [0.1, 0.15) is 18.4 Å². The summed E-state index contributed by atoms with van der Waals surface area (Å²) >= 11 is 5.08. The van der Waals surface area contributed by atoms with Crippen molar-refractivity contribution in [1.29, 1.82) is 0 Å². The van der Waals surface area contributed by atoms with E-state index >= 15 is 0 Å². The Bertz CT molecular complexity index is 460. The Hall–Kier alpha value is -0.0200. The lowest BCUT2D eigenvalue weighted by Gasteiger charge is -2.12. The number of unbranched alkanes of at least 4 members (excludes halogenated alkanes) is 1. The van der Waals surface area contributed by atoms with Gasteiger partial charge in [0, 0.05) is 20.1 Å². The first kappa shape index (κ1) is 22.0. The zero-order valence-electron chi connectivity index (χ0n) is 13.0. The van der Waals surface area contributed by atoms with Crippen molar-refractivity contribution in [2.24, 2.45) is 4.99 Å². The highest BCUT2D eigenvalue weighted by Crippen LogP contribution is 2.16. The quantitative estimate of drug-likeness (QED) is 0.243. The molecule has 0 bridgehead atoms. The van der Waals surface area contributed by atoms with Gasteiger partial charge >= 0.3 is 0 Å². The summed E-state index contributed by atoms with van der Waals surface area (Å²) in [6, 6.07) is 5.11. The molecule has 126 valence electrons. The zero-order valence-corrected chi connectivity index (χ0v) is 17.7. The van der Waals surface area contributed by atoms with Gasteiger partial charge in [-0.1, -0.05) is 6.07 Å². The van der Waals surface area contributed by atoms with Gasteiger partial charge in [0.1, 0.15) is 5.82 Å². The molecule has 0 atom stereocenters. The summed E-state index contributed by atoms with van der Waals surface area (Å²) in [4.78, 5) is 4.19. The number of guanidine groups is 1. The van der Waals surface area contributed by atoms with Gasteiger partial charge in [0.15, 0.2) is 5.96 Å². The standard InChI is InChI=1S/C15H23BrFN3S.HI/c1-18-15(19-8-3-4-10-21-2)20-9-7-12-5-6-14(17)13(16)11-12;/h5-6,11H,3-4,7-10H2,1-2H3,(H2,18,19,20);1H. The van der Waals surface area contributed by atoms with E-state index in [1.54, 1.807) is 13.1 Å². The molecule has 3 nitrogen and oxygen atoms in total. The SMILES string of the molecule is CN=C(NCCCCSC)NCCc1ccc(F)c(Br)c1.I. The van der Waals surface area contributed by atoms with Gasteiger partial charge in [-0.05, 0) is 64.9 Å². The maximum absolute atomic E-state index is 13.1. The molecule has 1 aromatic carbocycles. The van der Waals surface area contributed by atoms with Crippen LogP contribution >= 0.6 is 51.7 Å². The molecule has 22 heavy (non-hydrogen) atoms. The fourth-order valence-electron chi connectivity index (χ4n) is 1.82. The third-order valence-electron chi connectivity index (χ3n) is 2.98. The summed E-state index contributed by atoms with van der Waals surface area (Å²) in [6.45, 7) is 1.70. The third kappa shape index (κ3) is 9.19. The lowest BCUT2D eigenvalue weighted by atomic mass is 10.1. The Labute approximate surface area is 162 Å². The molecular weight excluding hydrogens is 480 g/mol. The van der Waals surface area contributed by atoms with Crippen LogP contribution in [0.2, 0.25) is 0 Å². The predicted molar refractivity (Wildman–Crippen MR) is 110 cm³/mol. The minimum atomic E-state index is -0.227. The molecule has 0 radical (unpaired) electrons. The number of halogens is 3. The number of rotatable bonds is 8. The number of hydrogen-bond donors (Lipinski definition) is 2. The lowest BCUT2D eigenvalue weighted by Crippen LogP contribution is -2.38. The van der Waals surface area contributed by atoms with Gasteiger partial charge < -0.3 is 10.6 Å². The first-order valence-corrected chi connectivity index (χ1v) is 9.23. The Morgan fingerprint density at radius 3 is 2.64 bits per heavy atom. The van der Waals surface area contributed by atoms with E-state index in [1.165, 1.54) is 18.2 Å². The smallest absolute Gasteiger partial charge is 0.190 e. The normalized spacial score (nSPS) is 11.0. The number of benzene rings is 1. The molecule has 0 fully saturated rings. The van der Waals surface area contributed by atoms with E-state index in [9.17, 15) is 4.39 Å². The Morgan fingerprint density at radius 1 is 1.27 bits per heavy atom. The van der Waals surface area contributed by atoms with E-state index in [-0.39, 0.29) is 29.8 Å². The van der Waals surface area contributed by atoms with E-state index in [0.717, 1.165) is 37.5 Å². The van der Waals surface area contributed by atoms with Gasteiger partial charge in [0.2, 0.25) is 0 Å². The van der Waals surface area contributed by atoms with Crippen LogP contribution in [0.3, 0.4) is 0 Å². The second-order valence-electron chi connectivity index (χ2n) is 4.62. The van der Waals surface area contributed by atoms with Crippen LogP contribution in [0.25, 0.3) is 0 Å². The molecule has 0 saturated carbocycles. The summed E-state index contributed by atoms with van der Waals surface area (Å²) in [5.74, 6) is 1.79. The van der Waals surface area contributed by atoms with Crippen LogP contribution in [0, 0.1) is 5.82 Å². The number of nitrogens with zero attached hydrogens (tertiary/aromatic N) is 1. The van der Waals surface area contributed by atoms with Crippen molar-refractivity contribution in [3.05, 3.63) is 34.1 Å². The highest BCUT2D eigenvalue weighted by atomic mass is 127. The summed E-state index contributed by atoms with van der Waals surface area (Å²) in [6.07, 6.45) is 5.31. The summed E-state index contributed by atoms with van der Waals surface area (Å²) in [7, 11) is 1.77. The molecule has 0 amide bonds. The van der Waals surface area contributed by atoms with Crippen molar-refractivity contribution in [3.63, 3.8) is 0 Å². The highest BCUT2D eigenvalue weighted by Gasteiger charge is 2.01. The van der Waals surface area contributed by atoms with Crippen LogP contribution in [-0.4, -0.2) is 38.1 Å². The number of nitrogens with one attached hydrogen (secondary N) is 2. The van der Waals surface area contributed by atoms with Gasteiger partial charge in [-0.3, -0.25) is 4.99 Å². The molecule has 0 aliphatic heterocycles. The molecule has 0 spiro atoms. The van der Waals surface area contributed by atoms with E-state index < -0.39 is 0 Å². The summed E-state index contributed by atoms with van der Waals surface area (Å²) in [5, 5.41) is 6.56. The van der Waals surface area contributed by atoms with Crippen LogP contribution < -0.4 is 10.6 Å². The van der Waals surface area contributed by atoms with E-state index in [2.05, 4.69) is 37.8 Å². The van der Waals surface area contributed by atoms with Gasteiger partial charge in [0.05, 0.1) is 4.47 Å². The van der Waals surface area contributed by atoms with E-state index in [4.69, 9.17) is 0 Å². The van der Waals surface area contributed by atoms with Crippen LogP contribution in [0.5, 0.6) is 0 Å². The minimum Gasteiger partial charge on any atom is -0.356 e. The molecule has 2 N–H and O–H groups in total. The summed E-state index contributed by atoms with van der Waals surface area (Å²) in [5.41, 5.74) is 1.09. The highest BCUT2D eigenvalue weighted by molar-refractivity contribution is 14.0. The molecule has 0 aromatic heterocycles. The van der Waals surface area contributed by atoms with Crippen molar-refractivity contribution in [2.75, 3.05) is 32.1 Å². The molecule has 1 rings (SSSR count). The van der Waals surface area contributed by atoms with Crippen LogP contribution in [-0.2, 0) is 6.42 Å². The molecule has 0 unspecified atom stereocenters. The minimum absolute atomic E-state index is 0. The Balaban J connectivity index is 0.00000441. The second-order valence-corrected chi connectivity index (χ2v) is 6.46. The van der Waals surface area contributed by atoms with Gasteiger partial charge in [-0.25, -0.2) is 4.39 Å². The molecule has 0 saturated heterocycles. The van der Waals surface area contributed by atoms with Crippen molar-refractivity contribution in [3.8, 4) is 0 Å². The Morgan fingerprint density at radius 2 is 2.00 bits per heavy atom. The van der Waals surface area contributed by atoms with E-state index in [1.807, 2.05) is 17.8 Å². The zero-order chi connectivity index (χ0) is 15.5. The van der Waals surface area contributed by atoms with Gasteiger partial charge in [-0.15, -0.1) is 24.0 Å². The molecule has 0 aliphatic carbocycles. The predicted octanol–water partition coefficient (Wildman–Crippen LogP) is 4.06. The van der Waals surface area contributed by atoms with Gasteiger partial charge in [0.25, 0.3) is 0 Å². The lowest BCUT2D eigenvalue weighted by molar-refractivity contribution is 0.620. The van der Waals surface area contributed by atoms with Crippen molar-refractivity contribution in [2.45, 2.75) is 19.3 Å². The second kappa shape index (κ2) is 13.4.